The molecule has 9 heteroatoms. The van der Waals surface area contributed by atoms with E-state index in [1.165, 1.54) is 12.5 Å². The molecule has 5 rings (SSSR count). The van der Waals surface area contributed by atoms with Gasteiger partial charge in [0, 0.05) is 38.4 Å². The average molecular weight is 392 g/mol. The third kappa shape index (κ3) is 2.98. The Kier molecular flexibility index (Phi) is 4.15. The van der Waals surface area contributed by atoms with Gasteiger partial charge in [0.1, 0.15) is 6.26 Å². The molecule has 0 saturated carbocycles. The Hall–Kier alpha value is -3.49. The number of fused-ring (bicyclic) bond motifs is 1. The lowest BCUT2D eigenvalue weighted by atomic mass is 9.89. The SMILES string of the molecule is Cc1nc(C(=O)N2C[C@@H]3CN(C(=O)c4cn[nH]n4)C[C@@H]3[C@H]2c2ccccc2)co1. The van der Waals surface area contributed by atoms with Gasteiger partial charge in [-0.3, -0.25) is 9.59 Å². The number of nitrogens with one attached hydrogen (secondary N) is 1. The molecule has 2 aromatic heterocycles. The Morgan fingerprint density at radius 2 is 1.93 bits per heavy atom. The van der Waals surface area contributed by atoms with Crippen molar-refractivity contribution in [2.24, 2.45) is 11.8 Å². The topological polar surface area (TPSA) is 108 Å². The summed E-state index contributed by atoms with van der Waals surface area (Å²) < 4.78 is 5.24. The highest BCUT2D eigenvalue weighted by Crippen LogP contribution is 2.45. The van der Waals surface area contributed by atoms with Crippen LogP contribution in [0.4, 0.5) is 0 Å². The molecule has 2 aliphatic rings. The predicted octanol–water partition coefficient (Wildman–Crippen LogP) is 1.69. The van der Waals surface area contributed by atoms with Crippen LogP contribution < -0.4 is 0 Å². The molecule has 1 N–H and O–H groups in total. The molecule has 29 heavy (non-hydrogen) atoms. The first kappa shape index (κ1) is 17.6. The fraction of sp³-hybridized carbons (Fsp3) is 0.350. The summed E-state index contributed by atoms with van der Waals surface area (Å²) in [6, 6.07) is 9.84. The van der Waals surface area contributed by atoms with Crippen molar-refractivity contribution >= 4 is 11.8 Å². The highest BCUT2D eigenvalue weighted by Gasteiger charge is 2.50. The molecule has 4 heterocycles. The summed E-state index contributed by atoms with van der Waals surface area (Å²) in [6.07, 6.45) is 2.85. The monoisotopic (exact) mass is 392 g/mol. The quantitative estimate of drug-likeness (QED) is 0.727. The second kappa shape index (κ2) is 6.84. The first-order chi connectivity index (χ1) is 14.1. The van der Waals surface area contributed by atoms with Crippen LogP contribution in [-0.4, -0.2) is 61.6 Å². The zero-order valence-corrected chi connectivity index (χ0v) is 15.9. The molecule has 0 spiro atoms. The van der Waals surface area contributed by atoms with Crippen molar-refractivity contribution in [2.75, 3.05) is 19.6 Å². The van der Waals surface area contributed by atoms with E-state index < -0.39 is 0 Å². The van der Waals surface area contributed by atoms with Crippen LogP contribution in [0.2, 0.25) is 0 Å². The zero-order chi connectivity index (χ0) is 20.0. The Balaban J connectivity index is 1.44. The molecule has 3 atom stereocenters. The molecule has 148 valence electrons. The molecule has 2 fully saturated rings. The normalized spacial score (nSPS) is 23.4. The van der Waals surface area contributed by atoms with E-state index in [2.05, 4.69) is 20.4 Å². The number of hydrogen-bond acceptors (Lipinski definition) is 6. The number of aryl methyl sites for hydroxylation is 1. The van der Waals surface area contributed by atoms with Gasteiger partial charge in [0.2, 0.25) is 0 Å². The van der Waals surface area contributed by atoms with Gasteiger partial charge in [-0.15, -0.1) is 0 Å². The molecular weight excluding hydrogens is 372 g/mol. The zero-order valence-electron chi connectivity index (χ0n) is 15.9. The van der Waals surface area contributed by atoms with Gasteiger partial charge in [-0.05, 0) is 5.56 Å². The maximum absolute atomic E-state index is 13.2. The molecule has 0 unspecified atom stereocenters. The van der Waals surface area contributed by atoms with Gasteiger partial charge in [-0.1, -0.05) is 30.3 Å². The number of amides is 2. The van der Waals surface area contributed by atoms with Crippen molar-refractivity contribution < 1.29 is 14.0 Å². The lowest BCUT2D eigenvalue weighted by Gasteiger charge is -2.29. The maximum Gasteiger partial charge on any atom is 0.276 e. The molecule has 3 aromatic rings. The van der Waals surface area contributed by atoms with Crippen LogP contribution in [0, 0.1) is 18.8 Å². The minimum absolute atomic E-state index is 0.124. The van der Waals surface area contributed by atoms with E-state index >= 15 is 0 Å². The number of rotatable bonds is 3. The largest absolute Gasteiger partial charge is 0.448 e. The fourth-order valence-electron chi connectivity index (χ4n) is 4.57. The summed E-state index contributed by atoms with van der Waals surface area (Å²) in [5.74, 6) is 0.524. The van der Waals surface area contributed by atoms with Gasteiger partial charge in [-0.25, -0.2) is 4.98 Å². The van der Waals surface area contributed by atoms with E-state index in [9.17, 15) is 9.59 Å². The van der Waals surface area contributed by atoms with Gasteiger partial charge in [0.05, 0.1) is 12.2 Å². The third-order valence-corrected chi connectivity index (χ3v) is 5.83. The number of carbonyl (C=O) groups is 2. The van der Waals surface area contributed by atoms with Crippen LogP contribution in [-0.2, 0) is 0 Å². The summed E-state index contributed by atoms with van der Waals surface area (Å²) in [5, 5.41) is 10.1. The van der Waals surface area contributed by atoms with E-state index in [1.807, 2.05) is 40.1 Å². The van der Waals surface area contributed by atoms with Crippen LogP contribution in [0.5, 0.6) is 0 Å². The molecule has 2 saturated heterocycles. The van der Waals surface area contributed by atoms with Gasteiger partial charge in [0.25, 0.3) is 11.8 Å². The Bertz CT molecular complexity index is 1030. The molecule has 9 nitrogen and oxygen atoms in total. The van der Waals surface area contributed by atoms with Gasteiger partial charge < -0.3 is 14.2 Å². The van der Waals surface area contributed by atoms with Crippen molar-refractivity contribution in [1.29, 1.82) is 0 Å². The molecule has 0 radical (unpaired) electrons. The third-order valence-electron chi connectivity index (χ3n) is 5.83. The van der Waals surface area contributed by atoms with Crippen LogP contribution in [0.1, 0.15) is 38.5 Å². The van der Waals surface area contributed by atoms with Gasteiger partial charge in [0.15, 0.2) is 17.3 Å². The van der Waals surface area contributed by atoms with Crippen molar-refractivity contribution in [3.05, 3.63) is 65.6 Å². The number of likely N-dealkylation sites (tertiary alicyclic amines) is 2. The smallest absolute Gasteiger partial charge is 0.276 e. The van der Waals surface area contributed by atoms with Crippen molar-refractivity contribution in [3.8, 4) is 0 Å². The van der Waals surface area contributed by atoms with E-state index in [0.717, 1.165) is 5.56 Å². The first-order valence-electron chi connectivity index (χ1n) is 9.55. The van der Waals surface area contributed by atoms with Crippen molar-refractivity contribution in [3.63, 3.8) is 0 Å². The minimum atomic E-state index is -0.139. The summed E-state index contributed by atoms with van der Waals surface area (Å²) in [7, 11) is 0. The molecule has 1 aromatic carbocycles. The number of hydrogen-bond donors (Lipinski definition) is 1. The first-order valence-corrected chi connectivity index (χ1v) is 9.55. The summed E-state index contributed by atoms with van der Waals surface area (Å²) in [4.78, 5) is 33.8. The Morgan fingerprint density at radius 1 is 1.10 bits per heavy atom. The summed E-state index contributed by atoms with van der Waals surface area (Å²) >= 11 is 0. The lowest BCUT2D eigenvalue weighted by molar-refractivity contribution is 0.0670. The van der Waals surface area contributed by atoms with E-state index in [-0.39, 0.29) is 29.7 Å². The fourth-order valence-corrected chi connectivity index (χ4v) is 4.57. The summed E-state index contributed by atoms with van der Waals surface area (Å²) in [5.41, 5.74) is 1.69. The van der Waals surface area contributed by atoms with E-state index in [0.29, 0.717) is 36.9 Å². The van der Waals surface area contributed by atoms with Crippen LogP contribution in [0.3, 0.4) is 0 Å². The number of benzene rings is 1. The lowest BCUT2D eigenvalue weighted by Crippen LogP contribution is -2.37. The molecule has 2 amide bonds. The van der Waals surface area contributed by atoms with Crippen LogP contribution in [0.15, 0.2) is 47.2 Å². The number of carbonyl (C=O) groups excluding carboxylic acids is 2. The van der Waals surface area contributed by atoms with E-state index in [1.54, 1.807) is 6.92 Å². The minimum Gasteiger partial charge on any atom is -0.448 e. The molecule has 2 aliphatic heterocycles. The Morgan fingerprint density at radius 3 is 2.62 bits per heavy atom. The van der Waals surface area contributed by atoms with Gasteiger partial charge >= 0.3 is 0 Å². The number of nitrogens with zero attached hydrogens (tertiary/aromatic N) is 5. The van der Waals surface area contributed by atoms with Crippen LogP contribution >= 0.6 is 0 Å². The molecule has 0 aliphatic carbocycles. The van der Waals surface area contributed by atoms with Crippen molar-refractivity contribution in [2.45, 2.75) is 13.0 Å². The second-order valence-corrected chi connectivity index (χ2v) is 7.55. The second-order valence-electron chi connectivity index (χ2n) is 7.55. The van der Waals surface area contributed by atoms with Crippen molar-refractivity contribution in [1.82, 2.24) is 30.2 Å². The highest BCUT2D eigenvalue weighted by molar-refractivity contribution is 5.93. The molecule has 0 bridgehead atoms. The molecular formula is C20H20N6O3. The van der Waals surface area contributed by atoms with E-state index in [4.69, 9.17) is 4.42 Å². The number of aromatic nitrogens is 4. The maximum atomic E-state index is 13.2. The van der Waals surface area contributed by atoms with Gasteiger partial charge in [-0.2, -0.15) is 15.4 Å². The number of H-pyrrole nitrogens is 1. The summed E-state index contributed by atoms with van der Waals surface area (Å²) in [6.45, 7) is 3.44. The Labute approximate surface area is 166 Å². The number of aromatic amines is 1. The predicted molar refractivity (Wildman–Crippen MR) is 101 cm³/mol. The average Bonchev–Trinajstić information content (AvgIpc) is 3.51. The number of oxazole rings is 1. The highest BCUT2D eigenvalue weighted by atomic mass is 16.3. The van der Waals surface area contributed by atoms with Crippen LogP contribution in [0.25, 0.3) is 0 Å². The standard InChI is InChI=1S/C20H20N6O3/c1-12-22-17(11-29-12)20(28)26-9-14-8-25(19(27)16-7-21-24-23-16)10-15(14)18(26)13-5-3-2-4-6-13/h2-7,11,14-15,18H,8-10H2,1H3,(H,21,23,24)/t14-,15-,18+/m0/s1.